The number of hydrogen-bond donors (Lipinski definition) is 1. The van der Waals surface area contributed by atoms with E-state index in [1.54, 1.807) is 0 Å². The van der Waals surface area contributed by atoms with Crippen LogP contribution in [0.1, 0.15) is 41.3 Å². The van der Waals surface area contributed by atoms with Crippen LogP contribution in [0, 0.1) is 6.92 Å². The minimum atomic E-state index is 0.533. The Morgan fingerprint density at radius 2 is 2.00 bits per heavy atom. The quantitative estimate of drug-likeness (QED) is 0.851. The molecule has 1 atom stereocenters. The van der Waals surface area contributed by atoms with Gasteiger partial charge in [-0.3, -0.25) is 4.90 Å². The summed E-state index contributed by atoms with van der Waals surface area (Å²) in [7, 11) is 0. The van der Waals surface area contributed by atoms with Gasteiger partial charge in [0.2, 0.25) is 0 Å². The van der Waals surface area contributed by atoms with Gasteiger partial charge in [-0.05, 0) is 49.9 Å². The molecule has 1 fully saturated rings. The summed E-state index contributed by atoms with van der Waals surface area (Å²) in [5, 5.41) is 5.88. The molecule has 1 saturated heterocycles. The number of benzene rings is 1. The van der Waals surface area contributed by atoms with E-state index in [2.05, 4.69) is 58.9 Å². The van der Waals surface area contributed by atoms with Gasteiger partial charge in [0, 0.05) is 18.0 Å². The summed E-state index contributed by atoms with van der Waals surface area (Å²) in [4.78, 5) is 4.16. The Balaban J connectivity index is 1.60. The molecule has 3 rings (SSSR count). The Morgan fingerprint density at radius 3 is 2.73 bits per heavy atom. The molecule has 3 heteroatoms. The van der Waals surface area contributed by atoms with Crippen molar-refractivity contribution in [2.24, 2.45) is 0 Å². The van der Waals surface area contributed by atoms with Crippen molar-refractivity contribution in [3.05, 3.63) is 57.8 Å². The van der Waals surface area contributed by atoms with Crippen molar-refractivity contribution in [1.82, 2.24) is 10.2 Å². The van der Waals surface area contributed by atoms with Crippen molar-refractivity contribution < 1.29 is 0 Å². The van der Waals surface area contributed by atoms with Crippen LogP contribution in [0.3, 0.4) is 0 Å². The lowest BCUT2D eigenvalue weighted by Crippen LogP contribution is -2.38. The fraction of sp³-hybridized carbons (Fsp3) is 0.474. The highest BCUT2D eigenvalue weighted by atomic mass is 32.1. The molecule has 22 heavy (non-hydrogen) atoms. The lowest BCUT2D eigenvalue weighted by Gasteiger charge is -2.34. The van der Waals surface area contributed by atoms with Crippen LogP contribution in [-0.2, 0) is 6.54 Å². The lowest BCUT2D eigenvalue weighted by atomic mass is 10.1. The molecule has 1 aromatic carbocycles. The Labute approximate surface area is 138 Å². The third-order valence-corrected chi connectivity index (χ3v) is 5.43. The second kappa shape index (κ2) is 7.91. The molecule has 1 aliphatic heterocycles. The van der Waals surface area contributed by atoms with Gasteiger partial charge < -0.3 is 5.32 Å². The van der Waals surface area contributed by atoms with Gasteiger partial charge in [-0.25, -0.2) is 0 Å². The van der Waals surface area contributed by atoms with Gasteiger partial charge in [-0.15, -0.1) is 11.3 Å². The molecular weight excluding hydrogens is 288 g/mol. The average molecular weight is 314 g/mol. The monoisotopic (exact) mass is 314 g/mol. The van der Waals surface area contributed by atoms with Crippen molar-refractivity contribution in [2.45, 2.75) is 38.8 Å². The van der Waals surface area contributed by atoms with E-state index in [0.29, 0.717) is 6.04 Å². The first-order valence-corrected chi connectivity index (χ1v) is 9.24. The molecule has 2 aromatic rings. The normalized spacial score (nSPS) is 17.5. The zero-order valence-electron chi connectivity index (χ0n) is 13.4. The Bertz CT molecular complexity index is 559. The Morgan fingerprint density at radius 1 is 1.14 bits per heavy atom. The molecule has 2 nitrogen and oxygen atoms in total. The molecule has 2 heterocycles. The third kappa shape index (κ3) is 4.19. The van der Waals surface area contributed by atoms with E-state index in [0.717, 1.165) is 13.1 Å². The van der Waals surface area contributed by atoms with Crippen LogP contribution >= 0.6 is 11.3 Å². The minimum absolute atomic E-state index is 0.533. The number of piperidine rings is 1. The van der Waals surface area contributed by atoms with Crippen LogP contribution < -0.4 is 5.32 Å². The number of thiophene rings is 1. The van der Waals surface area contributed by atoms with Crippen molar-refractivity contribution in [3.63, 3.8) is 0 Å². The minimum Gasteiger partial charge on any atom is -0.311 e. The molecule has 0 amide bonds. The van der Waals surface area contributed by atoms with Gasteiger partial charge in [-0.1, -0.05) is 42.3 Å². The number of likely N-dealkylation sites (tertiary alicyclic amines) is 1. The topological polar surface area (TPSA) is 15.3 Å². The summed E-state index contributed by atoms with van der Waals surface area (Å²) < 4.78 is 0. The van der Waals surface area contributed by atoms with E-state index in [-0.39, 0.29) is 0 Å². The van der Waals surface area contributed by atoms with Crippen LogP contribution in [0.5, 0.6) is 0 Å². The summed E-state index contributed by atoms with van der Waals surface area (Å²) in [5.41, 5.74) is 2.72. The standard InChI is InChI=1S/C19H26N2S/c1-16-7-5-8-17(13-16)14-20-15-18(19-9-6-12-22-19)21-10-3-2-4-11-21/h5-9,12-13,18,20H,2-4,10-11,14-15H2,1H3. The predicted octanol–water partition coefficient (Wildman–Crippen LogP) is 4.37. The third-order valence-electron chi connectivity index (χ3n) is 4.45. The molecule has 0 aliphatic carbocycles. The summed E-state index contributed by atoms with van der Waals surface area (Å²) in [6.07, 6.45) is 4.09. The van der Waals surface area contributed by atoms with Crippen molar-refractivity contribution in [3.8, 4) is 0 Å². The number of hydrogen-bond acceptors (Lipinski definition) is 3. The summed E-state index contributed by atoms with van der Waals surface area (Å²) in [6.45, 7) is 6.64. The average Bonchev–Trinajstić information content (AvgIpc) is 3.07. The maximum Gasteiger partial charge on any atom is 0.0566 e. The van der Waals surface area contributed by atoms with Crippen LogP contribution in [-0.4, -0.2) is 24.5 Å². The molecule has 1 unspecified atom stereocenters. The molecule has 1 aromatic heterocycles. The van der Waals surface area contributed by atoms with E-state index in [4.69, 9.17) is 0 Å². The van der Waals surface area contributed by atoms with Gasteiger partial charge in [0.25, 0.3) is 0 Å². The van der Waals surface area contributed by atoms with Crippen LogP contribution in [0.2, 0.25) is 0 Å². The second-order valence-electron chi connectivity index (χ2n) is 6.25. The molecule has 0 spiro atoms. The smallest absolute Gasteiger partial charge is 0.0566 e. The number of rotatable bonds is 6. The first kappa shape index (κ1) is 15.7. The zero-order valence-corrected chi connectivity index (χ0v) is 14.2. The van der Waals surface area contributed by atoms with Gasteiger partial charge in [0.05, 0.1) is 6.04 Å². The molecule has 118 valence electrons. The van der Waals surface area contributed by atoms with Gasteiger partial charge in [-0.2, -0.15) is 0 Å². The molecule has 0 saturated carbocycles. The zero-order chi connectivity index (χ0) is 15.2. The summed E-state index contributed by atoms with van der Waals surface area (Å²) in [6, 6.07) is 13.8. The second-order valence-corrected chi connectivity index (χ2v) is 7.23. The lowest BCUT2D eigenvalue weighted by molar-refractivity contribution is 0.162. The molecular formula is C19H26N2S. The number of nitrogens with zero attached hydrogens (tertiary/aromatic N) is 1. The fourth-order valence-corrected chi connectivity index (χ4v) is 4.16. The van der Waals surface area contributed by atoms with Gasteiger partial charge in [0.1, 0.15) is 0 Å². The van der Waals surface area contributed by atoms with Crippen molar-refractivity contribution in [2.75, 3.05) is 19.6 Å². The maximum absolute atomic E-state index is 3.68. The van der Waals surface area contributed by atoms with E-state index in [1.807, 2.05) is 11.3 Å². The van der Waals surface area contributed by atoms with Crippen LogP contribution in [0.4, 0.5) is 0 Å². The van der Waals surface area contributed by atoms with Crippen LogP contribution in [0.15, 0.2) is 41.8 Å². The number of nitrogens with one attached hydrogen (secondary N) is 1. The van der Waals surface area contributed by atoms with Crippen molar-refractivity contribution >= 4 is 11.3 Å². The van der Waals surface area contributed by atoms with Crippen molar-refractivity contribution in [1.29, 1.82) is 0 Å². The summed E-state index contributed by atoms with van der Waals surface area (Å²) >= 11 is 1.89. The van der Waals surface area contributed by atoms with Crippen LogP contribution in [0.25, 0.3) is 0 Å². The largest absolute Gasteiger partial charge is 0.311 e. The van der Waals surface area contributed by atoms with E-state index in [9.17, 15) is 0 Å². The number of aryl methyl sites for hydroxylation is 1. The molecule has 1 N–H and O–H groups in total. The summed E-state index contributed by atoms with van der Waals surface area (Å²) in [5.74, 6) is 0. The highest BCUT2D eigenvalue weighted by Crippen LogP contribution is 2.27. The first-order valence-electron chi connectivity index (χ1n) is 8.36. The highest BCUT2D eigenvalue weighted by Gasteiger charge is 2.22. The SMILES string of the molecule is Cc1cccc(CNCC(c2cccs2)N2CCCCC2)c1. The Kier molecular flexibility index (Phi) is 5.65. The van der Waals surface area contributed by atoms with Gasteiger partial charge >= 0.3 is 0 Å². The molecule has 1 aliphatic rings. The maximum atomic E-state index is 3.68. The molecule has 0 radical (unpaired) electrons. The Hall–Kier alpha value is -1.16. The van der Waals surface area contributed by atoms with E-state index >= 15 is 0 Å². The van der Waals surface area contributed by atoms with Gasteiger partial charge in [0.15, 0.2) is 0 Å². The van der Waals surface area contributed by atoms with E-state index in [1.165, 1.54) is 48.4 Å². The highest BCUT2D eigenvalue weighted by molar-refractivity contribution is 7.10. The molecule has 0 bridgehead atoms. The fourth-order valence-electron chi connectivity index (χ4n) is 3.30. The first-order chi connectivity index (χ1) is 10.8. The predicted molar refractivity (Wildman–Crippen MR) is 95.4 cm³/mol. The van der Waals surface area contributed by atoms with E-state index < -0.39 is 0 Å².